The van der Waals surface area contributed by atoms with E-state index in [9.17, 15) is 0 Å². The third-order valence-electron chi connectivity index (χ3n) is 2.42. The zero-order valence-electron chi connectivity index (χ0n) is 9.34. The molecule has 0 bridgehead atoms. The zero-order chi connectivity index (χ0) is 12.3. The monoisotopic (exact) mass is 252 g/mol. The molecule has 0 aliphatic heterocycles. The third-order valence-corrected chi connectivity index (χ3v) is 2.71. The predicted molar refractivity (Wildman–Crippen MR) is 64.1 cm³/mol. The molecule has 1 atom stereocenters. The third kappa shape index (κ3) is 2.28. The van der Waals surface area contributed by atoms with Crippen LogP contribution in [-0.2, 0) is 6.54 Å². The van der Waals surface area contributed by atoms with Crippen LogP contribution in [0.2, 0.25) is 5.02 Å². The molecule has 0 aliphatic carbocycles. The van der Waals surface area contributed by atoms with Crippen LogP contribution in [0.1, 0.15) is 24.5 Å². The van der Waals surface area contributed by atoms with Crippen molar-refractivity contribution in [3.63, 3.8) is 0 Å². The van der Waals surface area contributed by atoms with Crippen LogP contribution in [0, 0.1) is 0 Å². The summed E-state index contributed by atoms with van der Waals surface area (Å²) in [4.78, 5) is 8.34. The Bertz CT molecular complexity index is 483. The van der Waals surface area contributed by atoms with E-state index in [1.807, 2.05) is 6.92 Å². The van der Waals surface area contributed by atoms with Crippen LogP contribution in [0.15, 0.2) is 24.7 Å². The molecule has 0 aliphatic rings. The highest BCUT2D eigenvalue weighted by molar-refractivity contribution is 6.31. The Balaban J connectivity index is 2.45. The first-order chi connectivity index (χ1) is 8.27. The topological polar surface area (TPSA) is 81.7 Å². The zero-order valence-corrected chi connectivity index (χ0v) is 10.1. The Kier molecular flexibility index (Phi) is 3.68. The van der Waals surface area contributed by atoms with Gasteiger partial charge < -0.3 is 0 Å². The van der Waals surface area contributed by atoms with Gasteiger partial charge in [-0.2, -0.15) is 5.10 Å². The molecule has 0 saturated heterocycles. The van der Waals surface area contributed by atoms with E-state index in [0.717, 1.165) is 5.69 Å². The minimum atomic E-state index is -0.369. The summed E-state index contributed by atoms with van der Waals surface area (Å²) < 4.78 is 1.77. The van der Waals surface area contributed by atoms with E-state index in [1.54, 1.807) is 29.3 Å². The molecule has 0 saturated carbocycles. The van der Waals surface area contributed by atoms with Gasteiger partial charge in [-0.25, -0.2) is 15.4 Å². The molecule has 90 valence electrons. The highest BCUT2D eigenvalue weighted by Crippen LogP contribution is 2.25. The molecule has 0 fully saturated rings. The minimum absolute atomic E-state index is 0.369. The van der Waals surface area contributed by atoms with Crippen LogP contribution in [0.5, 0.6) is 0 Å². The number of nitrogens with zero attached hydrogens (tertiary/aromatic N) is 4. The Hall–Kier alpha value is -1.50. The summed E-state index contributed by atoms with van der Waals surface area (Å²) in [5, 5.41) is 4.71. The van der Waals surface area contributed by atoms with Crippen LogP contribution < -0.4 is 11.3 Å². The van der Waals surface area contributed by atoms with Crippen LogP contribution in [0.25, 0.3) is 0 Å². The van der Waals surface area contributed by atoms with Gasteiger partial charge in [0, 0.05) is 18.9 Å². The molecule has 2 rings (SSSR count). The van der Waals surface area contributed by atoms with Gasteiger partial charge in [0.1, 0.15) is 6.04 Å². The lowest BCUT2D eigenvalue weighted by atomic mass is 10.2. The van der Waals surface area contributed by atoms with Crippen molar-refractivity contribution in [1.29, 1.82) is 0 Å². The molecule has 3 N–H and O–H groups in total. The lowest BCUT2D eigenvalue weighted by Gasteiger charge is -2.16. The van der Waals surface area contributed by atoms with Crippen molar-refractivity contribution in [2.24, 2.45) is 5.84 Å². The second-order valence-electron chi connectivity index (χ2n) is 3.40. The maximum absolute atomic E-state index is 6.11. The van der Waals surface area contributed by atoms with E-state index in [0.29, 0.717) is 17.4 Å². The van der Waals surface area contributed by atoms with E-state index in [2.05, 4.69) is 20.5 Å². The fourth-order valence-electron chi connectivity index (χ4n) is 1.65. The number of aromatic nitrogens is 4. The molecule has 6 nitrogen and oxygen atoms in total. The molecule has 7 heteroatoms. The molecule has 0 spiro atoms. The first-order valence-electron chi connectivity index (χ1n) is 5.22. The summed E-state index contributed by atoms with van der Waals surface area (Å²) in [5.74, 6) is 6.12. The van der Waals surface area contributed by atoms with Crippen molar-refractivity contribution in [1.82, 2.24) is 25.2 Å². The summed E-state index contributed by atoms with van der Waals surface area (Å²) in [6, 6.07) is 1.38. The quantitative estimate of drug-likeness (QED) is 0.624. The predicted octanol–water partition coefficient (Wildman–Crippen LogP) is 0.899. The van der Waals surface area contributed by atoms with E-state index >= 15 is 0 Å². The van der Waals surface area contributed by atoms with Gasteiger partial charge in [0.2, 0.25) is 0 Å². The van der Waals surface area contributed by atoms with E-state index in [1.165, 1.54) is 0 Å². The lowest BCUT2D eigenvalue weighted by molar-refractivity contribution is 0.525. The number of nitrogens with two attached hydrogens (primary N) is 1. The molecular weight excluding hydrogens is 240 g/mol. The van der Waals surface area contributed by atoms with Gasteiger partial charge in [0.25, 0.3) is 0 Å². The van der Waals surface area contributed by atoms with E-state index < -0.39 is 0 Å². The average Bonchev–Trinajstić information content (AvgIpc) is 2.74. The van der Waals surface area contributed by atoms with Crippen LogP contribution in [-0.4, -0.2) is 19.7 Å². The standard InChI is InChI=1S/C10H13ClN6/c1-2-17-9(7(11)6-15-17)8(16-12)10-13-4-3-5-14-10/h3-6,8,16H,2,12H2,1H3. The summed E-state index contributed by atoms with van der Waals surface area (Å²) in [6.07, 6.45) is 4.91. The number of hydrogen-bond donors (Lipinski definition) is 2. The van der Waals surface area contributed by atoms with Gasteiger partial charge >= 0.3 is 0 Å². The number of nitrogens with one attached hydrogen (secondary N) is 1. The molecule has 0 aromatic carbocycles. The van der Waals surface area contributed by atoms with Crippen molar-refractivity contribution in [3.8, 4) is 0 Å². The van der Waals surface area contributed by atoms with Crippen molar-refractivity contribution < 1.29 is 0 Å². The van der Waals surface area contributed by atoms with Crippen LogP contribution >= 0.6 is 11.6 Å². The molecule has 0 amide bonds. The van der Waals surface area contributed by atoms with E-state index in [-0.39, 0.29) is 6.04 Å². The maximum Gasteiger partial charge on any atom is 0.152 e. The SMILES string of the molecule is CCn1ncc(Cl)c1C(NN)c1ncccn1. The molecule has 2 aromatic heterocycles. The summed E-state index contributed by atoms with van der Waals surface area (Å²) >= 11 is 6.11. The average molecular weight is 253 g/mol. The molecular formula is C10H13ClN6. The maximum atomic E-state index is 6.11. The van der Waals surface area contributed by atoms with Crippen molar-refractivity contribution in [2.45, 2.75) is 19.5 Å². The largest absolute Gasteiger partial charge is 0.270 e. The molecule has 1 unspecified atom stereocenters. The summed E-state index contributed by atoms with van der Waals surface area (Å²) in [6.45, 7) is 2.68. The highest BCUT2D eigenvalue weighted by atomic mass is 35.5. The van der Waals surface area contributed by atoms with E-state index in [4.69, 9.17) is 17.4 Å². The number of rotatable bonds is 4. The number of halogens is 1. The highest BCUT2D eigenvalue weighted by Gasteiger charge is 2.22. The summed E-state index contributed by atoms with van der Waals surface area (Å²) in [5.41, 5.74) is 3.43. The fourth-order valence-corrected chi connectivity index (χ4v) is 1.90. The van der Waals surface area contributed by atoms with Crippen LogP contribution in [0.3, 0.4) is 0 Å². The molecule has 0 radical (unpaired) electrons. The van der Waals surface area contributed by atoms with Gasteiger partial charge in [-0.05, 0) is 13.0 Å². The Morgan fingerprint density at radius 2 is 2.18 bits per heavy atom. The number of hydrogen-bond acceptors (Lipinski definition) is 5. The van der Waals surface area contributed by atoms with Gasteiger partial charge in [-0.3, -0.25) is 10.5 Å². The van der Waals surface area contributed by atoms with Gasteiger partial charge in [0.05, 0.1) is 16.9 Å². The van der Waals surface area contributed by atoms with Crippen molar-refractivity contribution >= 4 is 11.6 Å². The first-order valence-corrected chi connectivity index (χ1v) is 5.60. The van der Waals surface area contributed by atoms with Crippen molar-refractivity contribution in [3.05, 3.63) is 41.2 Å². The molecule has 2 heterocycles. The smallest absolute Gasteiger partial charge is 0.152 e. The van der Waals surface area contributed by atoms with Gasteiger partial charge in [-0.1, -0.05) is 11.6 Å². The number of aryl methyl sites for hydroxylation is 1. The first kappa shape index (κ1) is 12.0. The second kappa shape index (κ2) is 5.22. The normalized spacial score (nSPS) is 12.6. The minimum Gasteiger partial charge on any atom is -0.270 e. The molecule has 2 aromatic rings. The lowest BCUT2D eigenvalue weighted by Crippen LogP contribution is -2.32. The Morgan fingerprint density at radius 1 is 1.47 bits per heavy atom. The van der Waals surface area contributed by atoms with Crippen LogP contribution in [0.4, 0.5) is 0 Å². The van der Waals surface area contributed by atoms with Crippen molar-refractivity contribution in [2.75, 3.05) is 0 Å². The van der Waals surface area contributed by atoms with Gasteiger partial charge in [0.15, 0.2) is 5.82 Å². The number of hydrazine groups is 1. The molecule has 17 heavy (non-hydrogen) atoms. The fraction of sp³-hybridized carbons (Fsp3) is 0.300. The Morgan fingerprint density at radius 3 is 2.76 bits per heavy atom. The second-order valence-corrected chi connectivity index (χ2v) is 3.81. The summed E-state index contributed by atoms with van der Waals surface area (Å²) in [7, 11) is 0. The Labute approximate surface area is 104 Å². The van der Waals surface area contributed by atoms with Gasteiger partial charge in [-0.15, -0.1) is 0 Å².